The lowest BCUT2D eigenvalue weighted by Crippen LogP contribution is -2.36. The van der Waals surface area contributed by atoms with Crippen molar-refractivity contribution in [2.75, 3.05) is 5.32 Å². The maximum absolute atomic E-state index is 11.7. The second kappa shape index (κ2) is 4.21. The van der Waals surface area contributed by atoms with Crippen molar-refractivity contribution in [3.05, 3.63) is 17.2 Å². The average molecular weight is 272 g/mol. The first-order valence-electron chi connectivity index (χ1n) is 4.84. The van der Waals surface area contributed by atoms with E-state index in [4.69, 9.17) is 11.6 Å². The van der Waals surface area contributed by atoms with Crippen LogP contribution in [0.5, 0.6) is 0 Å². The molecule has 0 radical (unpaired) electrons. The van der Waals surface area contributed by atoms with Crippen LogP contribution in [-0.2, 0) is 4.79 Å². The fraction of sp³-hybridized carbons (Fsp3) is 0.300. The van der Waals surface area contributed by atoms with Crippen molar-refractivity contribution >= 4 is 46.0 Å². The predicted octanol–water partition coefficient (Wildman–Crippen LogP) is 2.05. The van der Waals surface area contributed by atoms with Gasteiger partial charge in [0.15, 0.2) is 0 Å². The molecule has 17 heavy (non-hydrogen) atoms. The molecule has 2 rings (SSSR count). The molecular formula is C10H10ClN3O2S. The average Bonchev–Trinajstić information content (AvgIpc) is 2.68. The largest absolute Gasteiger partial charge is 0.381 e. The Bertz CT molecular complexity index is 576. The molecule has 0 unspecified atom stereocenters. The number of aliphatic hydroxyl groups is 1. The van der Waals surface area contributed by atoms with E-state index in [0.717, 1.165) is 11.7 Å². The molecule has 5 nitrogen and oxygen atoms in total. The number of benzene rings is 1. The minimum atomic E-state index is -1.48. The van der Waals surface area contributed by atoms with E-state index in [9.17, 15) is 9.90 Å². The fourth-order valence-corrected chi connectivity index (χ4v) is 1.95. The lowest BCUT2D eigenvalue weighted by Gasteiger charge is -2.17. The number of carbonyl (C=O) groups is 1. The number of fused-ring (bicyclic) bond motifs is 1. The Labute approximate surface area is 107 Å². The number of hydrogen-bond donors (Lipinski definition) is 2. The third kappa shape index (κ3) is 2.38. The highest BCUT2D eigenvalue weighted by molar-refractivity contribution is 7.00. The first-order chi connectivity index (χ1) is 7.89. The molecule has 7 heteroatoms. The highest BCUT2D eigenvalue weighted by Gasteiger charge is 2.25. The third-order valence-corrected chi connectivity index (χ3v) is 3.03. The van der Waals surface area contributed by atoms with Crippen LogP contribution in [0, 0.1) is 0 Å². The number of nitrogens with zero attached hydrogens (tertiary/aromatic N) is 2. The summed E-state index contributed by atoms with van der Waals surface area (Å²) in [7, 11) is 0. The Morgan fingerprint density at radius 2 is 2.18 bits per heavy atom. The van der Waals surface area contributed by atoms with Crippen molar-refractivity contribution < 1.29 is 9.90 Å². The van der Waals surface area contributed by atoms with Crippen LogP contribution in [-0.4, -0.2) is 25.4 Å². The Hall–Kier alpha value is -1.24. The Morgan fingerprint density at radius 3 is 2.82 bits per heavy atom. The monoisotopic (exact) mass is 271 g/mol. The minimum absolute atomic E-state index is 0.364. The van der Waals surface area contributed by atoms with Gasteiger partial charge < -0.3 is 10.4 Å². The summed E-state index contributed by atoms with van der Waals surface area (Å²) in [5.41, 5.74) is 0.0881. The number of hydrogen-bond acceptors (Lipinski definition) is 5. The smallest absolute Gasteiger partial charge is 0.255 e. The molecule has 0 saturated carbocycles. The molecule has 0 aliphatic rings. The highest BCUT2D eigenvalue weighted by atomic mass is 35.5. The normalized spacial score (nSPS) is 11.8. The molecule has 0 spiro atoms. The van der Waals surface area contributed by atoms with Gasteiger partial charge in [-0.15, -0.1) is 0 Å². The number of rotatable bonds is 2. The van der Waals surface area contributed by atoms with Crippen LogP contribution in [0.25, 0.3) is 11.0 Å². The fourth-order valence-electron chi connectivity index (χ4n) is 1.21. The van der Waals surface area contributed by atoms with Crippen LogP contribution < -0.4 is 5.32 Å². The van der Waals surface area contributed by atoms with Crippen molar-refractivity contribution in [2.45, 2.75) is 19.4 Å². The molecule has 0 atom stereocenters. The van der Waals surface area contributed by atoms with Crippen LogP contribution in [0.2, 0.25) is 5.02 Å². The summed E-state index contributed by atoms with van der Waals surface area (Å²) < 4.78 is 8.11. The predicted molar refractivity (Wildman–Crippen MR) is 67.4 cm³/mol. The molecule has 0 aliphatic heterocycles. The summed E-state index contributed by atoms with van der Waals surface area (Å²) in [5, 5.41) is 12.5. The van der Waals surface area contributed by atoms with Gasteiger partial charge in [-0.3, -0.25) is 4.79 Å². The molecule has 1 aromatic carbocycles. The number of nitrogens with one attached hydrogen (secondary N) is 1. The Morgan fingerprint density at radius 1 is 1.47 bits per heavy atom. The molecule has 1 heterocycles. The maximum atomic E-state index is 11.7. The van der Waals surface area contributed by atoms with Crippen molar-refractivity contribution in [1.29, 1.82) is 0 Å². The molecule has 0 bridgehead atoms. The van der Waals surface area contributed by atoms with E-state index in [1.54, 1.807) is 12.1 Å². The molecule has 1 amide bonds. The van der Waals surface area contributed by atoms with Crippen molar-refractivity contribution in [1.82, 2.24) is 8.75 Å². The molecule has 0 saturated heterocycles. The number of amides is 1. The standard InChI is InChI=1S/C10H10ClN3O2S/c1-10(2,16)9(15)12-7-5(11)3-4-6-8(7)14-17-13-6/h3-4,16H,1-2H3,(H,12,15). The number of aromatic nitrogens is 2. The number of halogens is 1. The first kappa shape index (κ1) is 12.2. The van der Waals surface area contributed by atoms with Gasteiger partial charge in [-0.2, -0.15) is 8.75 Å². The lowest BCUT2D eigenvalue weighted by molar-refractivity contribution is -0.130. The van der Waals surface area contributed by atoms with Gasteiger partial charge in [-0.05, 0) is 26.0 Å². The second-order valence-electron chi connectivity index (χ2n) is 4.07. The van der Waals surface area contributed by atoms with Gasteiger partial charge >= 0.3 is 0 Å². The van der Waals surface area contributed by atoms with E-state index < -0.39 is 11.5 Å². The van der Waals surface area contributed by atoms with Crippen LogP contribution >= 0.6 is 23.3 Å². The van der Waals surface area contributed by atoms with Gasteiger partial charge in [0.05, 0.1) is 22.4 Å². The van der Waals surface area contributed by atoms with Gasteiger partial charge in [-0.1, -0.05) is 11.6 Å². The van der Waals surface area contributed by atoms with E-state index in [1.807, 2.05) is 0 Å². The highest BCUT2D eigenvalue weighted by Crippen LogP contribution is 2.30. The van der Waals surface area contributed by atoms with Crippen molar-refractivity contribution in [3.8, 4) is 0 Å². The van der Waals surface area contributed by atoms with Gasteiger partial charge in [-0.25, -0.2) is 0 Å². The second-order valence-corrected chi connectivity index (χ2v) is 5.00. The molecule has 2 aromatic rings. The van der Waals surface area contributed by atoms with Crippen molar-refractivity contribution in [2.24, 2.45) is 0 Å². The van der Waals surface area contributed by atoms with E-state index in [-0.39, 0.29) is 0 Å². The molecule has 90 valence electrons. The van der Waals surface area contributed by atoms with E-state index >= 15 is 0 Å². The summed E-state index contributed by atoms with van der Waals surface area (Å²) >= 11 is 7.03. The molecule has 0 aliphatic carbocycles. The number of carbonyl (C=O) groups excluding carboxylic acids is 1. The first-order valence-corrected chi connectivity index (χ1v) is 5.95. The van der Waals surface area contributed by atoms with E-state index in [2.05, 4.69) is 14.1 Å². The van der Waals surface area contributed by atoms with Crippen LogP contribution in [0.3, 0.4) is 0 Å². The molecular weight excluding hydrogens is 262 g/mol. The third-order valence-electron chi connectivity index (χ3n) is 2.17. The van der Waals surface area contributed by atoms with Crippen LogP contribution in [0.15, 0.2) is 12.1 Å². The SMILES string of the molecule is CC(C)(O)C(=O)Nc1c(Cl)ccc2nsnc12. The molecule has 0 fully saturated rings. The van der Waals surface area contributed by atoms with Crippen LogP contribution in [0.1, 0.15) is 13.8 Å². The van der Waals surface area contributed by atoms with Gasteiger partial charge in [0.25, 0.3) is 5.91 Å². The van der Waals surface area contributed by atoms with Gasteiger partial charge in [0, 0.05) is 0 Å². The summed E-state index contributed by atoms with van der Waals surface area (Å²) in [4.78, 5) is 11.7. The van der Waals surface area contributed by atoms with Crippen molar-refractivity contribution in [3.63, 3.8) is 0 Å². The summed E-state index contributed by atoms with van der Waals surface area (Å²) in [5.74, 6) is -0.542. The van der Waals surface area contributed by atoms with E-state index in [0.29, 0.717) is 21.7 Å². The minimum Gasteiger partial charge on any atom is -0.381 e. The topological polar surface area (TPSA) is 75.1 Å². The van der Waals surface area contributed by atoms with Gasteiger partial charge in [0.2, 0.25) is 0 Å². The zero-order chi connectivity index (χ0) is 12.6. The summed E-state index contributed by atoms with van der Waals surface area (Å²) in [6.07, 6.45) is 0. The maximum Gasteiger partial charge on any atom is 0.255 e. The Kier molecular flexibility index (Phi) is 3.03. The summed E-state index contributed by atoms with van der Waals surface area (Å²) in [6.45, 7) is 2.80. The Balaban J connectivity index is 2.45. The molecule has 1 aromatic heterocycles. The van der Waals surface area contributed by atoms with E-state index in [1.165, 1.54) is 13.8 Å². The summed E-state index contributed by atoms with van der Waals surface area (Å²) in [6, 6.07) is 3.35. The van der Waals surface area contributed by atoms with Gasteiger partial charge in [0.1, 0.15) is 16.6 Å². The molecule has 2 N–H and O–H groups in total. The van der Waals surface area contributed by atoms with Crippen LogP contribution in [0.4, 0.5) is 5.69 Å². The lowest BCUT2D eigenvalue weighted by atomic mass is 10.1. The number of anilines is 1. The quantitative estimate of drug-likeness (QED) is 0.877. The zero-order valence-electron chi connectivity index (χ0n) is 9.19. The zero-order valence-corrected chi connectivity index (χ0v) is 10.8.